The third-order valence-electron chi connectivity index (χ3n) is 3.83. The van der Waals surface area contributed by atoms with Gasteiger partial charge in [-0.15, -0.1) is 12.4 Å². The first-order chi connectivity index (χ1) is 12.6. The molecule has 1 aromatic heterocycles. The zero-order valence-electron chi connectivity index (χ0n) is 16.1. The molecule has 2 aromatic rings. The molecule has 0 fully saturated rings. The summed E-state index contributed by atoms with van der Waals surface area (Å²) in [5.41, 5.74) is 1.88. The highest BCUT2D eigenvalue weighted by Crippen LogP contribution is 2.28. The maximum Gasteiger partial charge on any atom is 0.239 e. The standard InChI is InChI=1S/C18H26N4O4.ClH/c1-13-10-20-22(18(13)21-17(23)11-19-7-8-24-2)12-14-5-6-15(25-3)16(9-14)26-4;/h5-6,9-10,19H,7-8,11-12H2,1-4H3,(H,21,23);1H. The van der Waals surface area contributed by atoms with Crippen LogP contribution in [0.5, 0.6) is 11.5 Å². The second-order valence-corrected chi connectivity index (χ2v) is 5.74. The minimum atomic E-state index is -0.127. The second kappa shape index (κ2) is 11.4. The van der Waals surface area contributed by atoms with Crippen LogP contribution in [-0.2, 0) is 16.1 Å². The normalized spacial score (nSPS) is 10.2. The van der Waals surface area contributed by atoms with Crippen molar-refractivity contribution in [2.75, 3.05) is 46.3 Å². The Kier molecular flexibility index (Phi) is 9.63. The third kappa shape index (κ3) is 6.42. The number of aromatic nitrogens is 2. The van der Waals surface area contributed by atoms with E-state index < -0.39 is 0 Å². The van der Waals surface area contributed by atoms with E-state index in [0.29, 0.717) is 37.0 Å². The predicted molar refractivity (Wildman–Crippen MR) is 106 cm³/mol. The van der Waals surface area contributed by atoms with Crippen LogP contribution in [0.2, 0.25) is 0 Å². The molecule has 0 saturated heterocycles. The third-order valence-corrected chi connectivity index (χ3v) is 3.83. The lowest BCUT2D eigenvalue weighted by atomic mass is 10.2. The summed E-state index contributed by atoms with van der Waals surface area (Å²) in [4.78, 5) is 12.1. The van der Waals surface area contributed by atoms with Crippen LogP contribution >= 0.6 is 12.4 Å². The van der Waals surface area contributed by atoms with Crippen molar-refractivity contribution in [2.45, 2.75) is 13.5 Å². The lowest BCUT2D eigenvalue weighted by molar-refractivity contribution is -0.115. The van der Waals surface area contributed by atoms with E-state index in [9.17, 15) is 4.79 Å². The lowest BCUT2D eigenvalue weighted by Gasteiger charge is -2.13. The molecule has 27 heavy (non-hydrogen) atoms. The molecule has 2 N–H and O–H groups in total. The van der Waals surface area contributed by atoms with Crippen LogP contribution < -0.4 is 20.1 Å². The Balaban J connectivity index is 0.00000364. The first-order valence-corrected chi connectivity index (χ1v) is 8.31. The van der Waals surface area contributed by atoms with Gasteiger partial charge >= 0.3 is 0 Å². The number of amides is 1. The second-order valence-electron chi connectivity index (χ2n) is 5.74. The van der Waals surface area contributed by atoms with Gasteiger partial charge in [0.2, 0.25) is 5.91 Å². The van der Waals surface area contributed by atoms with E-state index >= 15 is 0 Å². The molecule has 0 radical (unpaired) electrons. The Bertz CT molecular complexity index is 736. The van der Waals surface area contributed by atoms with Gasteiger partial charge in [-0.3, -0.25) is 4.79 Å². The van der Waals surface area contributed by atoms with Crippen molar-refractivity contribution in [3.8, 4) is 11.5 Å². The highest BCUT2D eigenvalue weighted by molar-refractivity contribution is 5.92. The van der Waals surface area contributed by atoms with Crippen molar-refractivity contribution in [3.63, 3.8) is 0 Å². The van der Waals surface area contributed by atoms with Crippen LogP contribution in [0, 0.1) is 6.92 Å². The fraction of sp³-hybridized carbons (Fsp3) is 0.444. The van der Waals surface area contributed by atoms with Gasteiger partial charge in [0.25, 0.3) is 0 Å². The number of rotatable bonds is 10. The zero-order valence-corrected chi connectivity index (χ0v) is 16.9. The van der Waals surface area contributed by atoms with Gasteiger partial charge in [-0.1, -0.05) is 6.07 Å². The van der Waals surface area contributed by atoms with Crippen LogP contribution in [0.25, 0.3) is 0 Å². The van der Waals surface area contributed by atoms with Crippen molar-refractivity contribution in [1.29, 1.82) is 0 Å². The number of carbonyl (C=O) groups excluding carboxylic acids is 1. The van der Waals surface area contributed by atoms with Gasteiger partial charge in [-0.05, 0) is 24.6 Å². The highest BCUT2D eigenvalue weighted by atomic mass is 35.5. The van der Waals surface area contributed by atoms with E-state index in [-0.39, 0.29) is 24.9 Å². The van der Waals surface area contributed by atoms with Crippen molar-refractivity contribution in [2.24, 2.45) is 0 Å². The molecule has 150 valence electrons. The number of ether oxygens (including phenoxy) is 3. The summed E-state index contributed by atoms with van der Waals surface area (Å²) in [5.74, 6) is 1.88. The smallest absolute Gasteiger partial charge is 0.239 e. The van der Waals surface area contributed by atoms with Gasteiger partial charge in [0, 0.05) is 19.2 Å². The topological polar surface area (TPSA) is 86.6 Å². The van der Waals surface area contributed by atoms with Crippen molar-refractivity contribution in [3.05, 3.63) is 35.5 Å². The van der Waals surface area contributed by atoms with E-state index in [1.54, 1.807) is 32.2 Å². The summed E-state index contributed by atoms with van der Waals surface area (Å²) in [6.07, 6.45) is 1.73. The van der Waals surface area contributed by atoms with E-state index in [4.69, 9.17) is 14.2 Å². The Morgan fingerprint density at radius 2 is 1.93 bits per heavy atom. The van der Waals surface area contributed by atoms with Crippen molar-refractivity contribution >= 4 is 24.1 Å². The van der Waals surface area contributed by atoms with E-state index in [1.165, 1.54) is 0 Å². The molecule has 0 aliphatic heterocycles. The van der Waals surface area contributed by atoms with E-state index in [2.05, 4.69) is 15.7 Å². The number of nitrogens with zero attached hydrogens (tertiary/aromatic N) is 2. The number of anilines is 1. The fourth-order valence-electron chi connectivity index (χ4n) is 2.47. The van der Waals surface area contributed by atoms with Gasteiger partial charge in [0.15, 0.2) is 11.5 Å². The van der Waals surface area contributed by atoms with Gasteiger partial charge < -0.3 is 24.8 Å². The first kappa shape index (κ1) is 22.8. The molecule has 0 spiro atoms. The Morgan fingerprint density at radius 3 is 2.59 bits per heavy atom. The molecule has 0 unspecified atom stereocenters. The maximum absolute atomic E-state index is 12.1. The number of aryl methyl sites for hydroxylation is 1. The number of carbonyl (C=O) groups is 1. The maximum atomic E-state index is 12.1. The molecule has 0 atom stereocenters. The number of benzene rings is 1. The van der Waals surface area contributed by atoms with Crippen LogP contribution in [0.1, 0.15) is 11.1 Å². The lowest BCUT2D eigenvalue weighted by Crippen LogP contribution is -2.31. The summed E-state index contributed by atoms with van der Waals surface area (Å²) < 4.78 is 17.3. The number of nitrogens with one attached hydrogen (secondary N) is 2. The Hall–Kier alpha value is -2.29. The summed E-state index contributed by atoms with van der Waals surface area (Å²) >= 11 is 0. The monoisotopic (exact) mass is 398 g/mol. The summed E-state index contributed by atoms with van der Waals surface area (Å²) in [5, 5.41) is 10.3. The molecular formula is C18H27ClN4O4. The van der Waals surface area contributed by atoms with Gasteiger partial charge in [0.05, 0.1) is 40.1 Å². The number of halogens is 1. The molecular weight excluding hydrogens is 372 g/mol. The van der Waals surface area contributed by atoms with Crippen molar-refractivity contribution < 1.29 is 19.0 Å². The molecule has 9 heteroatoms. The van der Waals surface area contributed by atoms with Crippen LogP contribution in [0.3, 0.4) is 0 Å². The number of methoxy groups -OCH3 is 3. The molecule has 1 aromatic carbocycles. The molecule has 0 bridgehead atoms. The first-order valence-electron chi connectivity index (χ1n) is 8.31. The average molecular weight is 399 g/mol. The van der Waals surface area contributed by atoms with E-state index in [0.717, 1.165) is 11.1 Å². The van der Waals surface area contributed by atoms with Crippen molar-refractivity contribution in [1.82, 2.24) is 15.1 Å². The summed E-state index contributed by atoms with van der Waals surface area (Å²) in [6.45, 7) is 3.80. The highest BCUT2D eigenvalue weighted by Gasteiger charge is 2.12. The van der Waals surface area contributed by atoms with E-state index in [1.807, 2.05) is 25.1 Å². The fourth-order valence-corrected chi connectivity index (χ4v) is 2.47. The number of hydrogen-bond acceptors (Lipinski definition) is 6. The van der Waals surface area contributed by atoms with Gasteiger partial charge in [0.1, 0.15) is 5.82 Å². The quantitative estimate of drug-likeness (QED) is 0.594. The minimum absolute atomic E-state index is 0. The minimum Gasteiger partial charge on any atom is -0.493 e. The number of hydrogen-bond donors (Lipinski definition) is 2. The van der Waals surface area contributed by atoms with Gasteiger partial charge in [-0.2, -0.15) is 5.10 Å². The summed E-state index contributed by atoms with van der Waals surface area (Å²) in [6, 6.07) is 5.69. The molecule has 2 rings (SSSR count). The zero-order chi connectivity index (χ0) is 18.9. The van der Waals surface area contributed by atoms with Crippen LogP contribution in [-0.4, -0.2) is 56.7 Å². The average Bonchev–Trinajstić information content (AvgIpc) is 2.98. The van der Waals surface area contributed by atoms with Crippen LogP contribution in [0.4, 0.5) is 5.82 Å². The molecule has 1 heterocycles. The SMILES string of the molecule is COCCNCC(=O)Nc1c(C)cnn1Cc1ccc(OC)c(OC)c1.Cl. The Labute approximate surface area is 165 Å². The largest absolute Gasteiger partial charge is 0.493 e. The molecule has 8 nitrogen and oxygen atoms in total. The van der Waals surface area contributed by atoms with Gasteiger partial charge in [-0.25, -0.2) is 4.68 Å². The summed E-state index contributed by atoms with van der Waals surface area (Å²) in [7, 11) is 4.82. The Morgan fingerprint density at radius 1 is 1.19 bits per heavy atom. The molecule has 0 aliphatic rings. The molecule has 0 aliphatic carbocycles. The molecule has 1 amide bonds. The predicted octanol–water partition coefficient (Wildman–Crippen LogP) is 1.85. The molecule has 0 saturated carbocycles. The van der Waals surface area contributed by atoms with Crippen LogP contribution in [0.15, 0.2) is 24.4 Å².